The number of carbonyl (C=O) groups excluding carboxylic acids is 2. The molecule has 6 aliphatic rings. The lowest BCUT2D eigenvalue weighted by molar-refractivity contribution is -0.211. The number of cyclic esters (lactones) is 1. The summed E-state index contributed by atoms with van der Waals surface area (Å²) in [6.07, 6.45) is 0.534. The van der Waals surface area contributed by atoms with Gasteiger partial charge in [0.05, 0.1) is 29.6 Å². The summed E-state index contributed by atoms with van der Waals surface area (Å²) in [4.78, 5) is 26.2. The molecule has 4 saturated carbocycles. The predicted molar refractivity (Wildman–Crippen MR) is 132 cm³/mol. The number of ketones is 1. The van der Waals surface area contributed by atoms with Crippen molar-refractivity contribution in [1.82, 2.24) is 0 Å². The zero-order chi connectivity index (χ0) is 26.9. The third-order valence-electron chi connectivity index (χ3n) is 12.7. The van der Waals surface area contributed by atoms with E-state index in [-0.39, 0.29) is 59.3 Å². The predicted octanol–water partition coefficient (Wildman–Crippen LogP) is 2.25. The van der Waals surface area contributed by atoms with Gasteiger partial charge in [0.15, 0.2) is 0 Å². The Bertz CT molecular complexity index is 996. The number of fused-ring (bicyclic) bond motifs is 4. The molecular weight excluding hydrogens is 476 g/mol. The number of methoxy groups -OCH3 is 1. The van der Waals surface area contributed by atoms with Crippen molar-refractivity contribution in [2.45, 2.75) is 115 Å². The van der Waals surface area contributed by atoms with Crippen LogP contribution in [0.4, 0.5) is 0 Å². The minimum atomic E-state index is -1.37. The van der Waals surface area contributed by atoms with E-state index in [4.69, 9.17) is 14.2 Å². The first-order chi connectivity index (χ1) is 17.2. The standard InChI is InChI=1S/C29H44O8/c1-13-9-21(36-25(33)14(13)2)28(5,34)23-18(30)11-17-15-10-22-29(37-22)24(32)19(35-6)12-20(31)27(29,4)16(15)7-8-26(17,23)3/h13-19,21-24,30,32,34H,7-12H2,1-6H3/t13-,14+,15+,16-,17-,18-,19-,21+,22+,23-,24-,26-,27-,28-,29-/m0/s1. The first-order valence-electron chi connectivity index (χ1n) is 14.3. The normalized spacial score (nSPS) is 58.4. The Kier molecular flexibility index (Phi) is 5.66. The fourth-order valence-corrected chi connectivity index (χ4v) is 10.4. The molecule has 0 radical (unpaired) electrons. The Hall–Kier alpha value is -1.06. The maximum Gasteiger partial charge on any atom is 0.309 e. The number of Topliss-reactive ketones (excluding diaryl/α,β-unsaturated/α-hetero) is 1. The van der Waals surface area contributed by atoms with Crippen LogP contribution in [0.15, 0.2) is 0 Å². The van der Waals surface area contributed by atoms with E-state index in [1.165, 1.54) is 7.11 Å². The Balaban J connectivity index is 1.32. The van der Waals surface area contributed by atoms with Gasteiger partial charge in [0, 0.05) is 19.4 Å². The Morgan fingerprint density at radius 1 is 1.08 bits per heavy atom. The molecule has 1 spiro atoms. The molecule has 6 rings (SSSR count). The molecule has 2 saturated heterocycles. The number of carbonyl (C=O) groups is 2. The van der Waals surface area contributed by atoms with Crippen LogP contribution in [0.1, 0.15) is 73.1 Å². The number of aliphatic hydroxyl groups excluding tert-OH is 2. The van der Waals surface area contributed by atoms with E-state index >= 15 is 0 Å². The van der Waals surface area contributed by atoms with Crippen LogP contribution >= 0.6 is 0 Å². The molecule has 0 unspecified atom stereocenters. The van der Waals surface area contributed by atoms with Gasteiger partial charge in [0.2, 0.25) is 0 Å². The van der Waals surface area contributed by atoms with Gasteiger partial charge >= 0.3 is 5.97 Å². The lowest BCUT2D eigenvalue weighted by Crippen LogP contribution is -2.68. The highest BCUT2D eigenvalue weighted by atomic mass is 16.6. The van der Waals surface area contributed by atoms with E-state index in [1.54, 1.807) is 6.92 Å². The maximum atomic E-state index is 13.7. The summed E-state index contributed by atoms with van der Waals surface area (Å²) in [7, 11) is 1.53. The SMILES string of the molecule is CO[C@H]1CC(=O)[C@]2(C)[C@H]3CC[C@]4(C)[C@@H]([C@@](C)(O)[C@H]5C[C@H](C)[C@@H](C)C(=O)O5)[C@@H](O)C[C@H]4[C@@H]3C[C@H]3O[C@]32[C@H]1O. The number of ether oxygens (including phenoxy) is 3. The minimum Gasteiger partial charge on any atom is -0.459 e. The van der Waals surface area contributed by atoms with Crippen LogP contribution in [0.5, 0.6) is 0 Å². The topological polar surface area (TPSA) is 126 Å². The molecule has 0 aromatic heterocycles. The van der Waals surface area contributed by atoms with Gasteiger partial charge in [-0.05, 0) is 75.0 Å². The molecular formula is C29H44O8. The molecule has 0 amide bonds. The van der Waals surface area contributed by atoms with E-state index in [2.05, 4.69) is 6.92 Å². The molecule has 37 heavy (non-hydrogen) atoms. The van der Waals surface area contributed by atoms with E-state index in [0.717, 1.165) is 19.3 Å². The molecule has 15 atom stereocenters. The Labute approximate surface area is 219 Å². The molecule has 0 aromatic carbocycles. The van der Waals surface area contributed by atoms with Gasteiger partial charge in [-0.3, -0.25) is 9.59 Å². The largest absolute Gasteiger partial charge is 0.459 e. The average molecular weight is 521 g/mol. The van der Waals surface area contributed by atoms with Gasteiger partial charge in [-0.1, -0.05) is 20.8 Å². The van der Waals surface area contributed by atoms with Crippen molar-refractivity contribution in [3.63, 3.8) is 0 Å². The second-order valence-corrected chi connectivity index (χ2v) is 14.0. The molecule has 8 nitrogen and oxygen atoms in total. The van der Waals surface area contributed by atoms with E-state index in [1.807, 2.05) is 20.8 Å². The fraction of sp³-hybridized carbons (Fsp3) is 0.931. The molecule has 0 bridgehead atoms. The smallest absolute Gasteiger partial charge is 0.309 e. The van der Waals surface area contributed by atoms with Gasteiger partial charge in [-0.2, -0.15) is 0 Å². The van der Waals surface area contributed by atoms with Crippen LogP contribution in [-0.2, 0) is 23.8 Å². The lowest BCUT2D eigenvalue weighted by Gasteiger charge is -2.60. The van der Waals surface area contributed by atoms with Crippen molar-refractivity contribution in [2.24, 2.45) is 46.3 Å². The van der Waals surface area contributed by atoms with Crippen molar-refractivity contribution in [3.8, 4) is 0 Å². The first-order valence-corrected chi connectivity index (χ1v) is 14.3. The molecule has 2 aliphatic heterocycles. The molecule has 2 heterocycles. The highest BCUT2D eigenvalue weighted by Crippen LogP contribution is 2.74. The van der Waals surface area contributed by atoms with Gasteiger partial charge < -0.3 is 29.5 Å². The maximum absolute atomic E-state index is 13.7. The second kappa shape index (κ2) is 8.00. The number of esters is 1. The van der Waals surface area contributed by atoms with Crippen molar-refractivity contribution in [3.05, 3.63) is 0 Å². The van der Waals surface area contributed by atoms with Crippen molar-refractivity contribution in [1.29, 1.82) is 0 Å². The van der Waals surface area contributed by atoms with Crippen molar-refractivity contribution >= 4 is 11.8 Å². The summed E-state index contributed by atoms with van der Waals surface area (Å²) in [5, 5.41) is 34.8. The van der Waals surface area contributed by atoms with Crippen LogP contribution in [0.3, 0.4) is 0 Å². The van der Waals surface area contributed by atoms with Gasteiger partial charge in [-0.15, -0.1) is 0 Å². The molecule has 4 aliphatic carbocycles. The third kappa shape index (κ3) is 3.08. The number of epoxide rings is 1. The summed E-state index contributed by atoms with van der Waals surface area (Å²) in [6.45, 7) is 9.79. The minimum absolute atomic E-state index is 0.0357. The number of aliphatic hydroxyl groups is 3. The molecule has 6 fully saturated rings. The van der Waals surface area contributed by atoms with Gasteiger partial charge in [0.25, 0.3) is 0 Å². The monoisotopic (exact) mass is 520 g/mol. The van der Waals surface area contributed by atoms with Gasteiger partial charge in [-0.25, -0.2) is 0 Å². The Morgan fingerprint density at radius 2 is 1.78 bits per heavy atom. The highest BCUT2D eigenvalue weighted by molar-refractivity contribution is 5.89. The zero-order valence-electron chi connectivity index (χ0n) is 23.0. The number of hydrogen-bond donors (Lipinski definition) is 3. The zero-order valence-corrected chi connectivity index (χ0v) is 23.0. The fourth-order valence-electron chi connectivity index (χ4n) is 10.4. The third-order valence-corrected chi connectivity index (χ3v) is 12.7. The average Bonchev–Trinajstić information content (AvgIpc) is 3.49. The molecule has 3 N–H and O–H groups in total. The number of hydrogen-bond acceptors (Lipinski definition) is 8. The number of rotatable bonds is 3. The van der Waals surface area contributed by atoms with Crippen molar-refractivity contribution < 1.29 is 39.1 Å². The summed E-state index contributed by atoms with van der Waals surface area (Å²) in [5.74, 6) is -0.475. The van der Waals surface area contributed by atoms with Crippen LogP contribution in [0.25, 0.3) is 0 Å². The van der Waals surface area contributed by atoms with E-state index in [9.17, 15) is 24.9 Å². The van der Waals surface area contributed by atoms with E-state index in [0.29, 0.717) is 12.8 Å². The molecule has 0 aromatic rings. The van der Waals surface area contributed by atoms with E-state index < -0.39 is 47.0 Å². The molecule has 208 valence electrons. The molecule has 8 heteroatoms. The summed E-state index contributed by atoms with van der Waals surface area (Å²) < 4.78 is 17.5. The second-order valence-electron chi connectivity index (χ2n) is 14.0. The van der Waals surface area contributed by atoms with Crippen molar-refractivity contribution in [2.75, 3.05) is 7.11 Å². The van der Waals surface area contributed by atoms with Crippen LogP contribution in [-0.4, -0.2) is 75.9 Å². The lowest BCUT2D eigenvalue weighted by atomic mass is 9.43. The van der Waals surface area contributed by atoms with Crippen LogP contribution in [0.2, 0.25) is 0 Å². The highest BCUT2D eigenvalue weighted by Gasteiger charge is 2.82. The van der Waals surface area contributed by atoms with Gasteiger partial charge in [0.1, 0.15) is 29.2 Å². The Morgan fingerprint density at radius 3 is 2.43 bits per heavy atom. The first kappa shape index (κ1) is 26.2. The summed E-state index contributed by atoms with van der Waals surface area (Å²) in [6, 6.07) is 0. The summed E-state index contributed by atoms with van der Waals surface area (Å²) in [5.41, 5.74) is -3.43. The van der Waals surface area contributed by atoms with Crippen LogP contribution < -0.4 is 0 Å². The van der Waals surface area contributed by atoms with Crippen LogP contribution in [0, 0.1) is 46.3 Å². The summed E-state index contributed by atoms with van der Waals surface area (Å²) >= 11 is 0. The quantitative estimate of drug-likeness (QED) is 0.382.